The lowest BCUT2D eigenvalue weighted by Crippen LogP contribution is -2.42. The molecule has 0 radical (unpaired) electrons. The molecule has 0 aliphatic carbocycles. The van der Waals surface area contributed by atoms with Gasteiger partial charge in [-0.05, 0) is 57.0 Å². The molecule has 2 rings (SSSR count). The van der Waals surface area contributed by atoms with E-state index >= 15 is 0 Å². The fourth-order valence-corrected chi connectivity index (χ4v) is 4.76. The van der Waals surface area contributed by atoms with Gasteiger partial charge in [-0.3, -0.25) is 0 Å². The number of hydrogen-bond donors (Lipinski definition) is 1. The van der Waals surface area contributed by atoms with Gasteiger partial charge in [-0.1, -0.05) is 17.7 Å². The average Bonchev–Trinajstić information content (AvgIpc) is 2.42. The second-order valence-corrected chi connectivity index (χ2v) is 7.68. The lowest BCUT2D eigenvalue weighted by atomic mass is 10.00. The monoisotopic (exact) mass is 316 g/mol. The molecule has 0 amide bonds. The van der Waals surface area contributed by atoms with E-state index in [9.17, 15) is 8.42 Å². The van der Waals surface area contributed by atoms with Crippen molar-refractivity contribution in [1.82, 2.24) is 9.62 Å². The van der Waals surface area contributed by atoms with Crippen LogP contribution in [0.15, 0.2) is 23.1 Å². The van der Waals surface area contributed by atoms with Gasteiger partial charge in [-0.25, -0.2) is 8.42 Å². The highest BCUT2D eigenvalue weighted by atomic mass is 35.5. The lowest BCUT2D eigenvalue weighted by Gasteiger charge is -2.32. The Labute approximate surface area is 126 Å². The van der Waals surface area contributed by atoms with Gasteiger partial charge in [0.1, 0.15) is 4.90 Å². The third-order valence-corrected chi connectivity index (χ3v) is 6.03. The Balaban J connectivity index is 2.27. The minimum Gasteiger partial charge on any atom is -0.319 e. The highest BCUT2D eigenvalue weighted by Crippen LogP contribution is 2.28. The predicted molar refractivity (Wildman–Crippen MR) is 81.6 cm³/mol. The molecule has 1 atom stereocenters. The van der Waals surface area contributed by atoms with Gasteiger partial charge in [0.2, 0.25) is 10.0 Å². The molecule has 0 bridgehead atoms. The maximum atomic E-state index is 12.7. The zero-order valence-electron chi connectivity index (χ0n) is 11.9. The number of nitrogens with one attached hydrogen (secondary N) is 1. The minimum atomic E-state index is -3.49. The first kappa shape index (κ1) is 15.8. The van der Waals surface area contributed by atoms with Crippen LogP contribution in [0.3, 0.4) is 0 Å². The fraction of sp³-hybridized carbons (Fsp3) is 0.571. The van der Waals surface area contributed by atoms with Gasteiger partial charge >= 0.3 is 0 Å². The SMILES string of the molecule is CNCC1CCCN(S(=O)(=O)c2cc(C)ccc2Cl)C1. The summed E-state index contributed by atoms with van der Waals surface area (Å²) < 4.78 is 27.0. The van der Waals surface area contributed by atoms with Crippen molar-refractivity contribution < 1.29 is 8.42 Å². The topological polar surface area (TPSA) is 49.4 Å². The van der Waals surface area contributed by atoms with Crippen molar-refractivity contribution in [1.29, 1.82) is 0 Å². The van der Waals surface area contributed by atoms with E-state index in [2.05, 4.69) is 5.32 Å². The number of rotatable bonds is 4. The molecule has 1 aromatic carbocycles. The van der Waals surface area contributed by atoms with E-state index in [1.54, 1.807) is 16.4 Å². The molecule has 1 N–H and O–H groups in total. The van der Waals surface area contributed by atoms with Gasteiger partial charge in [-0.15, -0.1) is 0 Å². The third-order valence-electron chi connectivity index (χ3n) is 3.68. The lowest BCUT2D eigenvalue weighted by molar-refractivity contribution is 0.263. The van der Waals surface area contributed by atoms with Gasteiger partial charge < -0.3 is 5.32 Å². The largest absolute Gasteiger partial charge is 0.319 e. The van der Waals surface area contributed by atoms with Crippen LogP contribution < -0.4 is 5.32 Å². The summed E-state index contributed by atoms with van der Waals surface area (Å²) in [6, 6.07) is 5.12. The predicted octanol–water partition coefficient (Wildman–Crippen LogP) is 2.27. The number of aryl methyl sites for hydroxylation is 1. The molecule has 1 aliphatic rings. The summed E-state index contributed by atoms with van der Waals surface area (Å²) in [4.78, 5) is 0.226. The Morgan fingerprint density at radius 3 is 2.90 bits per heavy atom. The smallest absolute Gasteiger partial charge is 0.244 e. The summed E-state index contributed by atoms with van der Waals surface area (Å²) in [5.41, 5.74) is 0.900. The number of sulfonamides is 1. The van der Waals surface area contributed by atoms with E-state index in [0.717, 1.165) is 24.9 Å². The van der Waals surface area contributed by atoms with Gasteiger partial charge in [0.15, 0.2) is 0 Å². The molecular weight excluding hydrogens is 296 g/mol. The first-order valence-corrected chi connectivity index (χ1v) is 8.68. The van der Waals surface area contributed by atoms with E-state index in [1.807, 2.05) is 20.0 Å². The highest BCUT2D eigenvalue weighted by Gasteiger charge is 2.31. The molecule has 1 aliphatic heterocycles. The Hall–Kier alpha value is -0.620. The zero-order valence-corrected chi connectivity index (χ0v) is 13.5. The normalized spacial score (nSPS) is 21.1. The molecule has 0 saturated carbocycles. The molecule has 1 fully saturated rings. The van der Waals surface area contributed by atoms with E-state index < -0.39 is 10.0 Å². The Bertz CT molecular complexity index is 573. The van der Waals surface area contributed by atoms with Gasteiger partial charge in [0.05, 0.1) is 5.02 Å². The molecule has 1 saturated heterocycles. The van der Waals surface area contributed by atoms with Crippen molar-refractivity contribution in [3.05, 3.63) is 28.8 Å². The highest BCUT2D eigenvalue weighted by molar-refractivity contribution is 7.89. The fourth-order valence-electron chi connectivity index (χ4n) is 2.65. The maximum absolute atomic E-state index is 12.7. The van der Waals surface area contributed by atoms with Crippen LogP contribution in [0.1, 0.15) is 18.4 Å². The molecular formula is C14H21ClN2O2S. The molecule has 1 aromatic rings. The number of benzene rings is 1. The molecule has 6 heteroatoms. The second kappa shape index (κ2) is 6.43. The van der Waals surface area contributed by atoms with E-state index in [1.165, 1.54) is 0 Å². The number of halogens is 1. The second-order valence-electron chi connectivity index (χ2n) is 5.36. The van der Waals surface area contributed by atoms with Crippen LogP contribution in [0.2, 0.25) is 5.02 Å². The van der Waals surface area contributed by atoms with Crippen molar-refractivity contribution in [3.63, 3.8) is 0 Å². The first-order valence-electron chi connectivity index (χ1n) is 6.86. The minimum absolute atomic E-state index is 0.226. The number of hydrogen-bond acceptors (Lipinski definition) is 3. The van der Waals surface area contributed by atoms with E-state index in [4.69, 9.17) is 11.6 Å². The van der Waals surface area contributed by atoms with Crippen LogP contribution in [0.25, 0.3) is 0 Å². The average molecular weight is 317 g/mol. The van der Waals surface area contributed by atoms with Crippen LogP contribution >= 0.6 is 11.6 Å². The summed E-state index contributed by atoms with van der Waals surface area (Å²) >= 11 is 6.08. The number of nitrogens with zero attached hydrogens (tertiary/aromatic N) is 1. The molecule has 0 aromatic heterocycles. The summed E-state index contributed by atoms with van der Waals surface area (Å²) in [7, 11) is -1.60. The molecule has 20 heavy (non-hydrogen) atoms. The standard InChI is InChI=1S/C14H21ClN2O2S/c1-11-5-6-13(15)14(8-11)20(18,19)17-7-3-4-12(10-17)9-16-2/h5-6,8,12,16H,3-4,7,9-10H2,1-2H3. The van der Waals surface area contributed by atoms with Gasteiger partial charge in [0, 0.05) is 13.1 Å². The summed E-state index contributed by atoms with van der Waals surface area (Å²) in [6.07, 6.45) is 1.96. The quantitative estimate of drug-likeness (QED) is 0.927. The van der Waals surface area contributed by atoms with E-state index in [-0.39, 0.29) is 4.90 Å². The zero-order chi connectivity index (χ0) is 14.8. The van der Waals surface area contributed by atoms with Crippen molar-refractivity contribution >= 4 is 21.6 Å². The van der Waals surface area contributed by atoms with Crippen molar-refractivity contribution in [2.24, 2.45) is 5.92 Å². The van der Waals surface area contributed by atoms with Crippen molar-refractivity contribution in [2.75, 3.05) is 26.7 Å². The summed E-state index contributed by atoms with van der Waals surface area (Å²) in [5, 5.41) is 3.42. The molecule has 4 nitrogen and oxygen atoms in total. The maximum Gasteiger partial charge on any atom is 0.244 e. The van der Waals surface area contributed by atoms with Crippen LogP contribution in [-0.2, 0) is 10.0 Å². The Morgan fingerprint density at radius 2 is 2.20 bits per heavy atom. The Kier molecular flexibility index (Phi) is 5.07. The van der Waals surface area contributed by atoms with Crippen LogP contribution in [0.4, 0.5) is 0 Å². The summed E-state index contributed by atoms with van der Waals surface area (Å²) in [6.45, 7) is 3.85. The van der Waals surface area contributed by atoms with E-state index in [0.29, 0.717) is 24.0 Å². The molecule has 1 unspecified atom stereocenters. The van der Waals surface area contributed by atoms with Crippen LogP contribution in [0, 0.1) is 12.8 Å². The van der Waals surface area contributed by atoms with Gasteiger partial charge in [-0.2, -0.15) is 4.31 Å². The summed E-state index contributed by atoms with van der Waals surface area (Å²) in [5.74, 6) is 0.368. The van der Waals surface area contributed by atoms with Crippen LogP contribution in [0.5, 0.6) is 0 Å². The first-order chi connectivity index (χ1) is 9.45. The molecule has 112 valence electrons. The molecule has 0 spiro atoms. The van der Waals surface area contributed by atoms with Crippen LogP contribution in [-0.4, -0.2) is 39.4 Å². The van der Waals surface area contributed by atoms with Crippen molar-refractivity contribution in [3.8, 4) is 0 Å². The van der Waals surface area contributed by atoms with Gasteiger partial charge in [0.25, 0.3) is 0 Å². The molecule has 1 heterocycles. The van der Waals surface area contributed by atoms with Crippen molar-refractivity contribution in [2.45, 2.75) is 24.7 Å². The third kappa shape index (κ3) is 3.34. The number of piperidine rings is 1. The Morgan fingerprint density at radius 1 is 1.45 bits per heavy atom.